The molecule has 1 saturated heterocycles. The summed E-state index contributed by atoms with van der Waals surface area (Å²) < 4.78 is 0. The molecule has 1 aliphatic heterocycles. The molecule has 0 radical (unpaired) electrons. The van der Waals surface area contributed by atoms with E-state index in [1.54, 1.807) is 0 Å². The molecule has 6 nitrogen and oxygen atoms in total. The third kappa shape index (κ3) is 3.62. The van der Waals surface area contributed by atoms with E-state index < -0.39 is 0 Å². The fourth-order valence-corrected chi connectivity index (χ4v) is 2.59. The van der Waals surface area contributed by atoms with Crippen molar-refractivity contribution in [1.29, 1.82) is 0 Å². The summed E-state index contributed by atoms with van der Waals surface area (Å²) in [4.78, 5) is 23.1. The second kappa shape index (κ2) is 6.74. The third-order valence-corrected chi connectivity index (χ3v) is 3.74. The normalized spacial score (nSPS) is 15.9. The van der Waals surface area contributed by atoms with Gasteiger partial charge in [-0.05, 0) is 40.5 Å². The average molecular weight is 291 g/mol. The van der Waals surface area contributed by atoms with E-state index in [9.17, 15) is 4.79 Å². The van der Waals surface area contributed by atoms with E-state index in [0.717, 1.165) is 49.7 Å². The van der Waals surface area contributed by atoms with E-state index in [2.05, 4.69) is 20.6 Å². The molecule has 1 aromatic heterocycles. The molecule has 1 unspecified atom stereocenters. The van der Waals surface area contributed by atoms with Gasteiger partial charge in [0.05, 0.1) is 0 Å². The third-order valence-electron chi connectivity index (χ3n) is 3.74. The molecule has 0 spiro atoms. The van der Waals surface area contributed by atoms with Crippen molar-refractivity contribution in [2.24, 2.45) is 0 Å². The molecule has 0 bridgehead atoms. The molecule has 0 aromatic carbocycles. The van der Waals surface area contributed by atoms with Crippen molar-refractivity contribution in [1.82, 2.24) is 14.9 Å². The van der Waals surface area contributed by atoms with E-state index in [4.69, 9.17) is 0 Å². The minimum Gasteiger partial charge on any atom is -0.370 e. The number of hydrogen-bond acceptors (Lipinski definition) is 5. The molecule has 21 heavy (non-hydrogen) atoms. The van der Waals surface area contributed by atoms with Crippen molar-refractivity contribution in [2.45, 2.75) is 46.6 Å². The molecule has 2 rings (SSSR count). The number of amides is 1. The average Bonchev–Trinajstić information content (AvgIpc) is 2.97. The van der Waals surface area contributed by atoms with Crippen molar-refractivity contribution in [3.05, 3.63) is 11.4 Å². The predicted octanol–water partition coefficient (Wildman–Crippen LogP) is 1.95. The lowest BCUT2D eigenvalue weighted by Gasteiger charge is -2.22. The number of likely N-dealkylation sites (tertiary alicyclic amines) is 1. The summed E-state index contributed by atoms with van der Waals surface area (Å²) in [5.74, 6) is 2.40. The zero-order valence-electron chi connectivity index (χ0n) is 13.4. The number of carbonyl (C=O) groups excluding carboxylic acids is 1. The Bertz CT molecular complexity index is 511. The first-order valence-electron chi connectivity index (χ1n) is 7.67. The van der Waals surface area contributed by atoms with Gasteiger partial charge in [0.2, 0.25) is 5.91 Å². The Labute approximate surface area is 126 Å². The van der Waals surface area contributed by atoms with E-state index in [-0.39, 0.29) is 11.9 Å². The maximum absolute atomic E-state index is 12.4. The van der Waals surface area contributed by atoms with Gasteiger partial charge >= 0.3 is 0 Å². The second-order valence-corrected chi connectivity index (χ2v) is 5.52. The number of rotatable bonds is 5. The Morgan fingerprint density at radius 1 is 1.24 bits per heavy atom. The van der Waals surface area contributed by atoms with E-state index >= 15 is 0 Å². The highest BCUT2D eigenvalue weighted by atomic mass is 16.2. The van der Waals surface area contributed by atoms with Gasteiger partial charge in [0.25, 0.3) is 0 Å². The minimum absolute atomic E-state index is 0.146. The van der Waals surface area contributed by atoms with Gasteiger partial charge in [0, 0.05) is 25.2 Å². The summed E-state index contributed by atoms with van der Waals surface area (Å²) in [6.07, 6.45) is 2.21. The van der Waals surface area contributed by atoms with Gasteiger partial charge in [0.1, 0.15) is 23.5 Å². The molecule has 1 aromatic rings. The maximum atomic E-state index is 12.4. The first-order valence-corrected chi connectivity index (χ1v) is 7.67. The van der Waals surface area contributed by atoms with Crippen LogP contribution in [0.15, 0.2) is 0 Å². The Hall–Kier alpha value is -1.85. The van der Waals surface area contributed by atoms with E-state index in [1.807, 2.05) is 32.6 Å². The molecule has 1 fully saturated rings. The predicted molar refractivity (Wildman–Crippen MR) is 84.6 cm³/mol. The summed E-state index contributed by atoms with van der Waals surface area (Å²) in [7, 11) is 0. The molecule has 116 valence electrons. The van der Waals surface area contributed by atoms with Gasteiger partial charge in [-0.2, -0.15) is 0 Å². The van der Waals surface area contributed by atoms with Crippen LogP contribution in [0.25, 0.3) is 0 Å². The quantitative estimate of drug-likeness (QED) is 0.867. The largest absolute Gasteiger partial charge is 0.370 e. The lowest BCUT2D eigenvalue weighted by molar-refractivity contribution is -0.130. The molecule has 6 heteroatoms. The van der Waals surface area contributed by atoms with Crippen LogP contribution in [0.2, 0.25) is 0 Å². The lowest BCUT2D eigenvalue weighted by atomic mass is 10.2. The van der Waals surface area contributed by atoms with Crippen molar-refractivity contribution >= 4 is 17.5 Å². The van der Waals surface area contributed by atoms with Crippen molar-refractivity contribution in [3.63, 3.8) is 0 Å². The first-order chi connectivity index (χ1) is 10.0. The zero-order chi connectivity index (χ0) is 15.4. The van der Waals surface area contributed by atoms with E-state index in [1.165, 1.54) is 0 Å². The highest BCUT2D eigenvalue weighted by Gasteiger charge is 2.24. The van der Waals surface area contributed by atoms with Crippen LogP contribution < -0.4 is 10.6 Å². The van der Waals surface area contributed by atoms with Crippen LogP contribution in [0.1, 0.15) is 38.1 Å². The molecule has 2 N–H and O–H groups in total. The van der Waals surface area contributed by atoms with Crippen molar-refractivity contribution < 1.29 is 4.79 Å². The number of aromatic nitrogens is 2. The van der Waals surface area contributed by atoms with Gasteiger partial charge in [0.15, 0.2) is 0 Å². The molecule has 0 aliphatic carbocycles. The Morgan fingerprint density at radius 3 is 2.48 bits per heavy atom. The van der Waals surface area contributed by atoms with Crippen molar-refractivity contribution in [3.8, 4) is 0 Å². The standard InChI is InChI=1S/C15H25N5O/c1-5-16-13-10(2)14(19-12(4)18-13)17-11(3)15(21)20-8-6-7-9-20/h11H,5-9H2,1-4H3,(H2,16,17,18,19). The van der Waals surface area contributed by atoms with Crippen LogP contribution >= 0.6 is 0 Å². The van der Waals surface area contributed by atoms with Crippen LogP contribution in [0.3, 0.4) is 0 Å². The van der Waals surface area contributed by atoms with Gasteiger partial charge in [-0.25, -0.2) is 9.97 Å². The number of hydrogen-bond donors (Lipinski definition) is 2. The molecular formula is C15H25N5O. The van der Waals surface area contributed by atoms with Crippen LogP contribution in [-0.2, 0) is 4.79 Å². The summed E-state index contributed by atoms with van der Waals surface area (Å²) in [6, 6.07) is -0.273. The monoisotopic (exact) mass is 291 g/mol. The summed E-state index contributed by atoms with van der Waals surface area (Å²) in [5.41, 5.74) is 0.948. The highest BCUT2D eigenvalue weighted by molar-refractivity contribution is 5.84. The molecule has 2 heterocycles. The number of nitrogens with one attached hydrogen (secondary N) is 2. The molecule has 1 atom stereocenters. The molecule has 1 aliphatic rings. The summed E-state index contributed by atoms with van der Waals surface area (Å²) in [6.45, 7) is 10.3. The Kier molecular flexibility index (Phi) is 4.98. The van der Waals surface area contributed by atoms with Gasteiger partial charge < -0.3 is 15.5 Å². The summed E-state index contributed by atoms with van der Waals surface area (Å²) >= 11 is 0. The number of carbonyl (C=O) groups is 1. The lowest BCUT2D eigenvalue weighted by Crippen LogP contribution is -2.40. The highest BCUT2D eigenvalue weighted by Crippen LogP contribution is 2.21. The number of nitrogens with zero attached hydrogens (tertiary/aromatic N) is 3. The first kappa shape index (κ1) is 15.5. The number of aryl methyl sites for hydroxylation is 1. The molecular weight excluding hydrogens is 266 g/mol. The van der Waals surface area contributed by atoms with Crippen LogP contribution in [0, 0.1) is 13.8 Å². The Morgan fingerprint density at radius 2 is 1.86 bits per heavy atom. The zero-order valence-corrected chi connectivity index (χ0v) is 13.4. The minimum atomic E-state index is -0.273. The van der Waals surface area contributed by atoms with Crippen molar-refractivity contribution in [2.75, 3.05) is 30.3 Å². The van der Waals surface area contributed by atoms with Crippen LogP contribution in [0.4, 0.5) is 11.6 Å². The SMILES string of the molecule is CCNc1nc(C)nc(NC(C)C(=O)N2CCCC2)c1C. The van der Waals surface area contributed by atoms with Crippen LogP contribution in [-0.4, -0.2) is 46.5 Å². The molecule has 1 amide bonds. The van der Waals surface area contributed by atoms with Gasteiger partial charge in [-0.15, -0.1) is 0 Å². The maximum Gasteiger partial charge on any atom is 0.244 e. The smallest absolute Gasteiger partial charge is 0.244 e. The Balaban J connectivity index is 2.12. The fraction of sp³-hybridized carbons (Fsp3) is 0.667. The van der Waals surface area contributed by atoms with Gasteiger partial charge in [-0.3, -0.25) is 4.79 Å². The second-order valence-electron chi connectivity index (χ2n) is 5.52. The topological polar surface area (TPSA) is 70.1 Å². The van der Waals surface area contributed by atoms with Crippen LogP contribution in [0.5, 0.6) is 0 Å². The fourth-order valence-electron chi connectivity index (χ4n) is 2.59. The number of anilines is 2. The van der Waals surface area contributed by atoms with E-state index in [0.29, 0.717) is 5.82 Å². The molecule has 0 saturated carbocycles. The van der Waals surface area contributed by atoms with Gasteiger partial charge in [-0.1, -0.05) is 0 Å². The summed E-state index contributed by atoms with van der Waals surface area (Å²) in [5, 5.41) is 6.47.